The lowest BCUT2D eigenvalue weighted by Crippen LogP contribution is -2.48. The number of allylic oxidation sites excluding steroid dienone is 2. The first kappa shape index (κ1) is 16.1. The molecule has 3 rings (SSSR count). The largest absolute Gasteiger partial charge is 0.298 e. The van der Waals surface area contributed by atoms with Gasteiger partial charge in [0.05, 0.1) is 0 Å². The Labute approximate surface area is 107 Å². The summed E-state index contributed by atoms with van der Waals surface area (Å²) in [6.45, 7) is 17.9. The zero-order valence-electron chi connectivity index (χ0n) is 12.2. The van der Waals surface area contributed by atoms with Crippen LogP contribution < -0.4 is 0 Å². The summed E-state index contributed by atoms with van der Waals surface area (Å²) in [6, 6.07) is 0. The zero-order chi connectivity index (χ0) is 13.6. The maximum absolute atomic E-state index is 9.41. The van der Waals surface area contributed by atoms with E-state index in [2.05, 4.69) is 27.0 Å². The SMILES string of the molecule is C=C(C)C=O.C=C1CCC2CC1C2(C)C.CC. The van der Waals surface area contributed by atoms with Crippen LogP contribution in [0.2, 0.25) is 0 Å². The first-order chi connectivity index (χ1) is 7.89. The monoisotopic (exact) mass is 236 g/mol. The van der Waals surface area contributed by atoms with Gasteiger partial charge in [-0.1, -0.05) is 46.4 Å². The Morgan fingerprint density at radius 1 is 1.41 bits per heavy atom. The Hall–Kier alpha value is -0.850. The summed E-state index contributed by atoms with van der Waals surface area (Å²) in [4.78, 5) is 9.41. The predicted molar refractivity (Wildman–Crippen MR) is 76.0 cm³/mol. The van der Waals surface area contributed by atoms with Crippen molar-refractivity contribution in [1.82, 2.24) is 0 Å². The first-order valence-electron chi connectivity index (χ1n) is 6.68. The van der Waals surface area contributed by atoms with Gasteiger partial charge in [0, 0.05) is 0 Å². The van der Waals surface area contributed by atoms with E-state index in [0.29, 0.717) is 11.0 Å². The smallest absolute Gasteiger partial charge is 0.145 e. The van der Waals surface area contributed by atoms with Crippen molar-refractivity contribution in [3.63, 3.8) is 0 Å². The Balaban J connectivity index is 0.000000315. The maximum atomic E-state index is 9.41. The van der Waals surface area contributed by atoms with E-state index in [1.807, 2.05) is 13.8 Å². The normalized spacial score (nSPS) is 27.5. The lowest BCUT2D eigenvalue weighted by atomic mass is 9.47. The van der Waals surface area contributed by atoms with Crippen molar-refractivity contribution < 1.29 is 4.79 Å². The fourth-order valence-electron chi connectivity index (χ4n) is 2.73. The van der Waals surface area contributed by atoms with Gasteiger partial charge in [-0.2, -0.15) is 0 Å². The van der Waals surface area contributed by atoms with Gasteiger partial charge in [0.1, 0.15) is 6.29 Å². The summed E-state index contributed by atoms with van der Waals surface area (Å²) in [7, 11) is 0. The Kier molecular flexibility index (Phi) is 6.44. The lowest BCUT2D eigenvalue weighted by molar-refractivity contribution is -0.104. The van der Waals surface area contributed by atoms with E-state index < -0.39 is 0 Å². The van der Waals surface area contributed by atoms with Crippen LogP contribution in [0.5, 0.6) is 0 Å². The number of rotatable bonds is 1. The second kappa shape index (κ2) is 6.78. The van der Waals surface area contributed by atoms with Crippen LogP contribution in [0.4, 0.5) is 0 Å². The molecule has 3 aliphatic carbocycles. The van der Waals surface area contributed by atoms with Crippen LogP contribution in [0.25, 0.3) is 0 Å². The molecule has 3 saturated carbocycles. The van der Waals surface area contributed by atoms with E-state index in [0.717, 1.165) is 18.1 Å². The van der Waals surface area contributed by atoms with Crippen LogP contribution in [0, 0.1) is 17.3 Å². The van der Waals surface area contributed by atoms with Crippen molar-refractivity contribution in [3.8, 4) is 0 Å². The van der Waals surface area contributed by atoms with Gasteiger partial charge in [-0.25, -0.2) is 0 Å². The second-order valence-electron chi connectivity index (χ2n) is 5.47. The number of hydrogen-bond acceptors (Lipinski definition) is 1. The second-order valence-corrected chi connectivity index (χ2v) is 5.47. The van der Waals surface area contributed by atoms with Crippen molar-refractivity contribution >= 4 is 6.29 Å². The molecule has 0 N–H and O–H groups in total. The van der Waals surface area contributed by atoms with Gasteiger partial charge < -0.3 is 0 Å². The summed E-state index contributed by atoms with van der Waals surface area (Å²) >= 11 is 0. The standard InChI is InChI=1S/C10H16.C4H6O.C2H6/c1-7-4-5-8-6-9(7)10(8,2)3;1-4(2)3-5;1-2/h8-9H,1,4-6H2,2-3H3;3H,1H2,2H3;1-2H3. The van der Waals surface area contributed by atoms with E-state index in [4.69, 9.17) is 0 Å². The van der Waals surface area contributed by atoms with Crippen molar-refractivity contribution in [2.75, 3.05) is 0 Å². The quantitative estimate of drug-likeness (QED) is 0.363. The highest BCUT2D eigenvalue weighted by molar-refractivity contribution is 5.70. The fraction of sp³-hybridized carbons (Fsp3) is 0.688. The van der Waals surface area contributed by atoms with Crippen LogP contribution in [0.3, 0.4) is 0 Å². The fourth-order valence-corrected chi connectivity index (χ4v) is 2.73. The van der Waals surface area contributed by atoms with Gasteiger partial charge >= 0.3 is 0 Å². The molecule has 0 aromatic carbocycles. The van der Waals surface area contributed by atoms with E-state index in [1.165, 1.54) is 24.8 Å². The molecule has 1 heteroatoms. The third-order valence-corrected chi connectivity index (χ3v) is 3.98. The Morgan fingerprint density at radius 3 is 2.06 bits per heavy atom. The van der Waals surface area contributed by atoms with Gasteiger partial charge in [0.2, 0.25) is 0 Å². The number of carbonyl (C=O) groups is 1. The summed E-state index contributed by atoms with van der Waals surface area (Å²) in [6.07, 6.45) is 4.87. The molecule has 0 amide bonds. The van der Waals surface area contributed by atoms with Crippen LogP contribution >= 0.6 is 0 Å². The molecule has 17 heavy (non-hydrogen) atoms. The molecular weight excluding hydrogens is 208 g/mol. The molecule has 3 fully saturated rings. The Morgan fingerprint density at radius 2 is 1.88 bits per heavy atom. The lowest BCUT2D eigenvalue weighted by Gasteiger charge is -2.57. The highest BCUT2D eigenvalue weighted by Crippen LogP contribution is 2.60. The van der Waals surface area contributed by atoms with Gasteiger partial charge in [-0.05, 0) is 49.0 Å². The average molecular weight is 236 g/mol. The molecular formula is C16H28O. The molecule has 2 bridgehead atoms. The van der Waals surface area contributed by atoms with Gasteiger partial charge in [-0.3, -0.25) is 4.79 Å². The zero-order valence-corrected chi connectivity index (χ0v) is 12.2. The molecule has 0 aliphatic heterocycles. The summed E-state index contributed by atoms with van der Waals surface area (Å²) in [5.74, 6) is 1.88. The third kappa shape index (κ3) is 3.83. The molecule has 0 radical (unpaired) electrons. The molecule has 0 aromatic heterocycles. The van der Waals surface area contributed by atoms with Crippen LogP contribution in [-0.4, -0.2) is 6.29 Å². The molecule has 0 spiro atoms. The summed E-state index contributed by atoms with van der Waals surface area (Å²) in [5, 5.41) is 0. The number of carbonyl (C=O) groups excluding carboxylic acids is 1. The van der Waals surface area contributed by atoms with Crippen LogP contribution in [0.15, 0.2) is 24.3 Å². The van der Waals surface area contributed by atoms with E-state index in [-0.39, 0.29) is 0 Å². The van der Waals surface area contributed by atoms with E-state index >= 15 is 0 Å². The van der Waals surface area contributed by atoms with Gasteiger partial charge in [-0.15, -0.1) is 0 Å². The minimum absolute atomic E-state index is 0.574. The predicted octanol–water partition coefficient (Wildman–Crippen LogP) is 4.79. The third-order valence-electron chi connectivity index (χ3n) is 3.98. The van der Waals surface area contributed by atoms with Gasteiger partial charge in [0.25, 0.3) is 0 Å². The summed E-state index contributed by atoms with van der Waals surface area (Å²) in [5.41, 5.74) is 2.70. The topological polar surface area (TPSA) is 17.1 Å². The highest BCUT2D eigenvalue weighted by Gasteiger charge is 2.51. The molecule has 0 heterocycles. The average Bonchev–Trinajstić information content (AvgIpc) is 2.32. The number of aldehydes is 1. The molecule has 2 unspecified atom stereocenters. The number of hydrogen-bond donors (Lipinski definition) is 0. The Bertz CT molecular complexity index is 284. The molecule has 2 atom stereocenters. The minimum Gasteiger partial charge on any atom is -0.298 e. The maximum Gasteiger partial charge on any atom is 0.145 e. The minimum atomic E-state index is 0.574. The van der Waals surface area contributed by atoms with Gasteiger partial charge in [0.15, 0.2) is 0 Å². The van der Waals surface area contributed by atoms with E-state index in [1.54, 1.807) is 6.92 Å². The molecule has 98 valence electrons. The van der Waals surface area contributed by atoms with Crippen molar-refractivity contribution in [2.45, 2.75) is 53.9 Å². The van der Waals surface area contributed by atoms with Crippen LogP contribution in [0.1, 0.15) is 53.9 Å². The molecule has 3 aliphatic rings. The van der Waals surface area contributed by atoms with Crippen molar-refractivity contribution in [2.24, 2.45) is 17.3 Å². The first-order valence-corrected chi connectivity index (χ1v) is 6.68. The molecule has 0 aromatic rings. The summed E-state index contributed by atoms with van der Waals surface area (Å²) < 4.78 is 0. The van der Waals surface area contributed by atoms with Crippen LogP contribution in [-0.2, 0) is 4.79 Å². The van der Waals surface area contributed by atoms with E-state index in [9.17, 15) is 4.79 Å². The molecule has 1 nitrogen and oxygen atoms in total. The highest BCUT2D eigenvalue weighted by atomic mass is 16.1. The number of fused-ring (bicyclic) bond motifs is 2. The van der Waals surface area contributed by atoms with Crippen molar-refractivity contribution in [3.05, 3.63) is 24.3 Å². The van der Waals surface area contributed by atoms with Crippen molar-refractivity contribution in [1.29, 1.82) is 0 Å². The molecule has 0 saturated heterocycles.